The Morgan fingerprint density at radius 3 is 2.62 bits per heavy atom. The van der Waals surface area contributed by atoms with E-state index in [-0.39, 0.29) is 12.6 Å². The van der Waals surface area contributed by atoms with Crippen LogP contribution in [0.5, 0.6) is 0 Å². The van der Waals surface area contributed by atoms with Crippen LogP contribution in [0, 0.1) is 0 Å². The second-order valence-corrected chi connectivity index (χ2v) is 5.27. The number of halogens is 2. The summed E-state index contributed by atoms with van der Waals surface area (Å²) in [6, 6.07) is 9.26. The van der Waals surface area contributed by atoms with Crippen molar-refractivity contribution in [2.45, 2.75) is 23.4 Å². The number of nitrogens with one attached hydrogen (secondary N) is 1. The highest BCUT2D eigenvalue weighted by molar-refractivity contribution is 6.51. The lowest BCUT2D eigenvalue weighted by molar-refractivity contribution is 0.139. The van der Waals surface area contributed by atoms with Crippen LogP contribution < -0.4 is 5.32 Å². The maximum Gasteiger partial charge on any atom is 0.407 e. The zero-order valence-corrected chi connectivity index (χ0v) is 9.96. The fourth-order valence-electron chi connectivity index (χ4n) is 1.28. The summed E-state index contributed by atoms with van der Waals surface area (Å²) < 4.78 is 4.19. The van der Waals surface area contributed by atoms with E-state index in [1.165, 1.54) is 0 Å². The fourth-order valence-corrected chi connectivity index (χ4v) is 1.69. The lowest BCUT2D eigenvalue weighted by Gasteiger charge is -2.06. The molecule has 1 aromatic rings. The minimum atomic E-state index is -0.814. The number of carbonyl (C=O) groups is 1. The van der Waals surface area contributed by atoms with Crippen molar-refractivity contribution < 1.29 is 9.53 Å². The van der Waals surface area contributed by atoms with Crippen molar-refractivity contribution in [1.82, 2.24) is 5.32 Å². The fraction of sp³-hybridized carbons (Fsp3) is 0.364. The molecule has 5 heteroatoms. The van der Waals surface area contributed by atoms with Crippen LogP contribution in [0.1, 0.15) is 12.0 Å². The molecule has 1 fully saturated rings. The van der Waals surface area contributed by atoms with Gasteiger partial charge in [0.1, 0.15) is 10.9 Å². The molecule has 0 spiro atoms. The van der Waals surface area contributed by atoms with Gasteiger partial charge < -0.3 is 10.1 Å². The number of benzene rings is 1. The van der Waals surface area contributed by atoms with Gasteiger partial charge in [-0.2, -0.15) is 0 Å². The molecule has 1 aromatic carbocycles. The number of alkyl halides is 2. The molecule has 16 heavy (non-hydrogen) atoms. The molecular weight excluding hydrogens is 249 g/mol. The first-order valence-corrected chi connectivity index (χ1v) is 5.68. The Morgan fingerprint density at radius 1 is 1.44 bits per heavy atom. The van der Waals surface area contributed by atoms with E-state index in [2.05, 4.69) is 5.32 Å². The van der Waals surface area contributed by atoms with Crippen molar-refractivity contribution in [2.24, 2.45) is 0 Å². The zero-order valence-electron chi connectivity index (χ0n) is 8.45. The summed E-state index contributed by atoms with van der Waals surface area (Å²) in [6.45, 7) is 0.247. The summed E-state index contributed by atoms with van der Waals surface area (Å²) in [6.07, 6.45) is 0.0772. The molecular formula is C11H11Cl2NO2. The second-order valence-electron chi connectivity index (χ2n) is 3.72. The topological polar surface area (TPSA) is 38.3 Å². The van der Waals surface area contributed by atoms with Crippen LogP contribution in [0.4, 0.5) is 4.79 Å². The SMILES string of the molecule is O=C(NC1CC1(Cl)Cl)OCc1ccccc1. The summed E-state index contributed by atoms with van der Waals surface area (Å²) in [5.41, 5.74) is 0.941. The first kappa shape index (κ1) is 11.6. The van der Waals surface area contributed by atoms with Crippen LogP contribution in [0.2, 0.25) is 0 Å². The summed E-state index contributed by atoms with van der Waals surface area (Å²) in [5.74, 6) is 0. The third-order valence-corrected chi connectivity index (χ3v) is 3.17. The highest BCUT2D eigenvalue weighted by Crippen LogP contribution is 2.46. The van der Waals surface area contributed by atoms with Crippen LogP contribution in [0.25, 0.3) is 0 Å². The number of carbonyl (C=O) groups excluding carboxylic acids is 1. The molecule has 0 aliphatic heterocycles. The van der Waals surface area contributed by atoms with Gasteiger partial charge >= 0.3 is 6.09 Å². The Hall–Kier alpha value is -0.930. The molecule has 1 unspecified atom stereocenters. The van der Waals surface area contributed by atoms with E-state index < -0.39 is 10.4 Å². The van der Waals surface area contributed by atoms with Gasteiger partial charge in [-0.3, -0.25) is 0 Å². The summed E-state index contributed by atoms with van der Waals surface area (Å²) in [5, 5.41) is 2.59. The van der Waals surface area contributed by atoms with E-state index in [1.807, 2.05) is 30.3 Å². The highest BCUT2D eigenvalue weighted by atomic mass is 35.5. The van der Waals surface area contributed by atoms with E-state index in [0.717, 1.165) is 5.56 Å². The molecule has 2 rings (SSSR count). The van der Waals surface area contributed by atoms with E-state index in [4.69, 9.17) is 27.9 Å². The molecule has 0 saturated heterocycles. The van der Waals surface area contributed by atoms with Crippen molar-refractivity contribution in [3.8, 4) is 0 Å². The van der Waals surface area contributed by atoms with Gasteiger partial charge in [0.25, 0.3) is 0 Å². The molecule has 0 heterocycles. The van der Waals surface area contributed by atoms with Crippen molar-refractivity contribution in [3.05, 3.63) is 35.9 Å². The largest absolute Gasteiger partial charge is 0.445 e. The highest BCUT2D eigenvalue weighted by Gasteiger charge is 2.53. The third kappa shape index (κ3) is 3.03. The van der Waals surface area contributed by atoms with Crippen LogP contribution in [-0.2, 0) is 11.3 Å². The molecule has 3 nitrogen and oxygen atoms in total. The third-order valence-electron chi connectivity index (χ3n) is 2.33. The molecule has 0 radical (unpaired) electrons. The van der Waals surface area contributed by atoms with Crippen molar-refractivity contribution >= 4 is 29.3 Å². The van der Waals surface area contributed by atoms with E-state index >= 15 is 0 Å². The second kappa shape index (κ2) is 4.52. The Morgan fingerprint density at radius 2 is 2.06 bits per heavy atom. The number of ether oxygens (including phenoxy) is 1. The molecule has 0 aromatic heterocycles. The maximum absolute atomic E-state index is 11.3. The van der Waals surface area contributed by atoms with Gasteiger partial charge in [0.2, 0.25) is 0 Å². The Balaban J connectivity index is 1.73. The molecule has 1 amide bonds. The Bertz CT molecular complexity index is 381. The van der Waals surface area contributed by atoms with Crippen LogP contribution in [0.15, 0.2) is 30.3 Å². The Labute approximate surface area is 104 Å². The van der Waals surface area contributed by atoms with Crippen LogP contribution in [0.3, 0.4) is 0 Å². The monoisotopic (exact) mass is 259 g/mol. The van der Waals surface area contributed by atoms with E-state index in [1.54, 1.807) is 0 Å². The van der Waals surface area contributed by atoms with Crippen molar-refractivity contribution in [2.75, 3.05) is 0 Å². The number of alkyl carbamates (subject to hydrolysis) is 1. The average Bonchev–Trinajstić information content (AvgIpc) is 2.84. The molecule has 1 N–H and O–H groups in total. The predicted octanol–water partition coefficient (Wildman–Crippen LogP) is 2.86. The number of rotatable bonds is 3. The van der Waals surface area contributed by atoms with Gasteiger partial charge in [0, 0.05) is 6.42 Å². The summed E-state index contributed by atoms with van der Waals surface area (Å²) in [7, 11) is 0. The first-order valence-electron chi connectivity index (χ1n) is 4.93. The van der Waals surface area contributed by atoms with E-state index in [9.17, 15) is 4.79 Å². The summed E-state index contributed by atoms with van der Waals surface area (Å²) >= 11 is 11.5. The average molecular weight is 260 g/mol. The van der Waals surface area contributed by atoms with Gasteiger partial charge in [-0.05, 0) is 5.56 Å². The van der Waals surface area contributed by atoms with Crippen molar-refractivity contribution in [3.63, 3.8) is 0 Å². The minimum Gasteiger partial charge on any atom is -0.445 e. The van der Waals surface area contributed by atoms with Crippen LogP contribution >= 0.6 is 23.2 Å². The quantitative estimate of drug-likeness (QED) is 0.848. The standard InChI is InChI=1S/C11H11Cl2NO2/c12-11(13)6-9(11)14-10(15)16-7-8-4-2-1-3-5-8/h1-5,9H,6-7H2,(H,14,15). The zero-order chi connectivity index (χ0) is 11.6. The number of amides is 1. The van der Waals surface area contributed by atoms with Gasteiger partial charge in [0.15, 0.2) is 0 Å². The number of hydrogen-bond donors (Lipinski definition) is 1. The lowest BCUT2D eigenvalue weighted by atomic mass is 10.2. The molecule has 1 saturated carbocycles. The molecule has 0 bridgehead atoms. The minimum absolute atomic E-state index is 0.195. The lowest BCUT2D eigenvalue weighted by Crippen LogP contribution is -2.29. The number of hydrogen-bond acceptors (Lipinski definition) is 2. The Kier molecular flexibility index (Phi) is 3.26. The van der Waals surface area contributed by atoms with Gasteiger partial charge in [-0.15, -0.1) is 0 Å². The predicted molar refractivity (Wildman–Crippen MR) is 62.6 cm³/mol. The molecule has 1 atom stereocenters. The van der Waals surface area contributed by atoms with E-state index in [0.29, 0.717) is 6.42 Å². The van der Waals surface area contributed by atoms with Gasteiger partial charge in [-0.1, -0.05) is 53.5 Å². The molecule has 1 aliphatic rings. The smallest absolute Gasteiger partial charge is 0.407 e. The summed E-state index contributed by atoms with van der Waals surface area (Å²) in [4.78, 5) is 11.3. The maximum atomic E-state index is 11.3. The molecule has 1 aliphatic carbocycles. The normalized spacial score (nSPS) is 21.2. The van der Waals surface area contributed by atoms with Gasteiger partial charge in [0.05, 0.1) is 6.04 Å². The molecule has 86 valence electrons. The van der Waals surface area contributed by atoms with Crippen molar-refractivity contribution in [1.29, 1.82) is 0 Å². The van der Waals surface area contributed by atoms with Gasteiger partial charge in [-0.25, -0.2) is 4.79 Å². The first-order chi connectivity index (χ1) is 7.58. The van der Waals surface area contributed by atoms with Crippen LogP contribution in [-0.4, -0.2) is 16.5 Å².